The van der Waals surface area contributed by atoms with E-state index in [-0.39, 0.29) is 17.7 Å². The Morgan fingerprint density at radius 2 is 2.11 bits per heavy atom. The van der Waals surface area contributed by atoms with Crippen LogP contribution in [0.15, 0.2) is 18.2 Å². The summed E-state index contributed by atoms with van der Waals surface area (Å²) in [6, 6.07) is 4.81. The molecule has 0 spiro atoms. The lowest BCUT2D eigenvalue weighted by Gasteiger charge is -2.16. The Morgan fingerprint density at radius 3 is 2.63 bits per heavy atom. The molecule has 5 heteroatoms. The fraction of sp³-hybridized carbons (Fsp3) is 0.500. The van der Waals surface area contributed by atoms with Gasteiger partial charge in [-0.25, -0.2) is 4.39 Å². The summed E-state index contributed by atoms with van der Waals surface area (Å²) in [6.07, 6.45) is -0.720. The van der Waals surface area contributed by atoms with E-state index < -0.39 is 11.9 Å². The minimum absolute atomic E-state index is 0.0596. The standard InChI is InChI=1S/C14H21FN2O2/c1-5-17-14(18)10(3)19-13-7-6-11(8-12(13)15)9(2)16-4/h6-10,16H,5H2,1-4H3,(H,17,18). The molecule has 1 aromatic carbocycles. The average Bonchev–Trinajstić information content (AvgIpc) is 2.40. The summed E-state index contributed by atoms with van der Waals surface area (Å²) in [5, 5.41) is 5.66. The molecule has 2 atom stereocenters. The third-order valence-electron chi connectivity index (χ3n) is 2.91. The van der Waals surface area contributed by atoms with Crippen LogP contribution in [-0.2, 0) is 4.79 Å². The first-order valence-electron chi connectivity index (χ1n) is 6.40. The molecular weight excluding hydrogens is 247 g/mol. The maximum atomic E-state index is 13.9. The Morgan fingerprint density at radius 1 is 1.42 bits per heavy atom. The van der Waals surface area contributed by atoms with Gasteiger partial charge in [-0.05, 0) is 45.5 Å². The largest absolute Gasteiger partial charge is 0.478 e. The molecule has 0 bridgehead atoms. The van der Waals surface area contributed by atoms with Crippen LogP contribution in [0.4, 0.5) is 4.39 Å². The molecule has 0 saturated heterocycles. The molecule has 0 aromatic heterocycles. The molecule has 106 valence electrons. The highest BCUT2D eigenvalue weighted by atomic mass is 19.1. The molecule has 4 nitrogen and oxygen atoms in total. The van der Waals surface area contributed by atoms with Crippen LogP contribution in [0.5, 0.6) is 5.75 Å². The Kier molecular flexibility index (Phi) is 5.76. The topological polar surface area (TPSA) is 50.4 Å². The van der Waals surface area contributed by atoms with Crippen molar-refractivity contribution in [2.75, 3.05) is 13.6 Å². The molecule has 0 aliphatic rings. The van der Waals surface area contributed by atoms with E-state index in [1.165, 1.54) is 6.07 Å². The summed E-state index contributed by atoms with van der Waals surface area (Å²) < 4.78 is 19.2. The number of ether oxygens (including phenoxy) is 1. The van der Waals surface area contributed by atoms with Crippen molar-refractivity contribution >= 4 is 5.91 Å². The number of nitrogens with one attached hydrogen (secondary N) is 2. The van der Waals surface area contributed by atoms with E-state index in [1.807, 2.05) is 20.9 Å². The first-order chi connectivity index (χ1) is 8.99. The van der Waals surface area contributed by atoms with Crippen molar-refractivity contribution in [2.45, 2.75) is 32.9 Å². The van der Waals surface area contributed by atoms with Crippen LogP contribution in [0, 0.1) is 5.82 Å². The molecular formula is C14H21FN2O2. The Hall–Kier alpha value is -1.62. The van der Waals surface area contributed by atoms with E-state index in [2.05, 4.69) is 10.6 Å². The van der Waals surface area contributed by atoms with Crippen LogP contribution in [0.3, 0.4) is 0 Å². The molecule has 0 fully saturated rings. The molecule has 1 amide bonds. The predicted molar refractivity (Wildman–Crippen MR) is 72.6 cm³/mol. The van der Waals surface area contributed by atoms with Gasteiger partial charge in [-0.1, -0.05) is 6.07 Å². The van der Waals surface area contributed by atoms with Crippen molar-refractivity contribution in [3.8, 4) is 5.75 Å². The molecule has 19 heavy (non-hydrogen) atoms. The van der Waals surface area contributed by atoms with E-state index in [0.29, 0.717) is 6.54 Å². The monoisotopic (exact) mass is 268 g/mol. The Balaban J connectivity index is 2.77. The lowest BCUT2D eigenvalue weighted by atomic mass is 10.1. The van der Waals surface area contributed by atoms with Gasteiger partial charge in [-0.15, -0.1) is 0 Å². The van der Waals surface area contributed by atoms with Gasteiger partial charge in [0, 0.05) is 12.6 Å². The molecule has 0 aliphatic heterocycles. The quantitative estimate of drug-likeness (QED) is 0.829. The maximum absolute atomic E-state index is 13.9. The maximum Gasteiger partial charge on any atom is 0.260 e. The number of carbonyl (C=O) groups is 1. The zero-order chi connectivity index (χ0) is 14.4. The van der Waals surface area contributed by atoms with Crippen molar-refractivity contribution in [1.82, 2.24) is 10.6 Å². The molecule has 0 aliphatic carbocycles. The van der Waals surface area contributed by atoms with Crippen molar-refractivity contribution in [3.05, 3.63) is 29.6 Å². The van der Waals surface area contributed by atoms with E-state index in [1.54, 1.807) is 19.1 Å². The summed E-state index contributed by atoms with van der Waals surface area (Å²) in [4.78, 5) is 11.5. The minimum atomic E-state index is -0.720. The van der Waals surface area contributed by atoms with Crippen molar-refractivity contribution in [2.24, 2.45) is 0 Å². The lowest BCUT2D eigenvalue weighted by Crippen LogP contribution is -2.36. The number of amides is 1. The molecule has 0 heterocycles. The highest BCUT2D eigenvalue weighted by Gasteiger charge is 2.16. The van der Waals surface area contributed by atoms with Gasteiger partial charge < -0.3 is 15.4 Å². The van der Waals surface area contributed by atoms with Gasteiger partial charge in [0.2, 0.25) is 0 Å². The van der Waals surface area contributed by atoms with Gasteiger partial charge in [-0.3, -0.25) is 4.79 Å². The number of rotatable bonds is 6. The SMILES string of the molecule is CCNC(=O)C(C)Oc1ccc(C(C)NC)cc1F. The van der Waals surface area contributed by atoms with Gasteiger partial charge in [0.05, 0.1) is 0 Å². The molecule has 2 N–H and O–H groups in total. The fourth-order valence-corrected chi connectivity index (χ4v) is 1.61. The van der Waals surface area contributed by atoms with Crippen LogP contribution in [0.1, 0.15) is 32.4 Å². The van der Waals surface area contributed by atoms with E-state index in [4.69, 9.17) is 4.74 Å². The zero-order valence-corrected chi connectivity index (χ0v) is 11.8. The summed E-state index contributed by atoms with van der Waals surface area (Å²) in [5.41, 5.74) is 0.831. The van der Waals surface area contributed by atoms with Crippen molar-refractivity contribution in [1.29, 1.82) is 0 Å². The summed E-state index contributed by atoms with van der Waals surface area (Å²) in [7, 11) is 1.81. The van der Waals surface area contributed by atoms with Crippen LogP contribution >= 0.6 is 0 Å². The average molecular weight is 268 g/mol. The highest BCUT2D eigenvalue weighted by molar-refractivity contribution is 5.80. The van der Waals surface area contributed by atoms with Gasteiger partial charge >= 0.3 is 0 Å². The Labute approximate surface area is 113 Å². The van der Waals surface area contributed by atoms with Crippen molar-refractivity contribution < 1.29 is 13.9 Å². The smallest absolute Gasteiger partial charge is 0.260 e. The van der Waals surface area contributed by atoms with E-state index in [9.17, 15) is 9.18 Å². The van der Waals surface area contributed by atoms with Gasteiger partial charge in [0.1, 0.15) is 0 Å². The summed E-state index contributed by atoms with van der Waals surface area (Å²) in [5.74, 6) is -0.629. The summed E-state index contributed by atoms with van der Waals surface area (Å²) >= 11 is 0. The number of likely N-dealkylation sites (N-methyl/N-ethyl adjacent to an activating group) is 1. The number of hydrogen-bond donors (Lipinski definition) is 2. The lowest BCUT2D eigenvalue weighted by molar-refractivity contribution is -0.127. The van der Waals surface area contributed by atoms with Gasteiger partial charge in [-0.2, -0.15) is 0 Å². The number of carbonyl (C=O) groups excluding carboxylic acids is 1. The molecule has 0 saturated carbocycles. The highest BCUT2D eigenvalue weighted by Crippen LogP contribution is 2.22. The zero-order valence-electron chi connectivity index (χ0n) is 11.8. The number of benzene rings is 1. The number of halogens is 1. The second kappa shape index (κ2) is 7.09. The third-order valence-corrected chi connectivity index (χ3v) is 2.91. The normalized spacial score (nSPS) is 13.7. The minimum Gasteiger partial charge on any atom is -0.478 e. The molecule has 1 rings (SSSR count). The van der Waals surface area contributed by atoms with Crippen LogP contribution in [0.2, 0.25) is 0 Å². The van der Waals surface area contributed by atoms with E-state index in [0.717, 1.165) is 5.56 Å². The molecule has 0 radical (unpaired) electrons. The number of hydrogen-bond acceptors (Lipinski definition) is 3. The van der Waals surface area contributed by atoms with Crippen LogP contribution in [-0.4, -0.2) is 25.6 Å². The Bertz CT molecular complexity index is 437. The third kappa shape index (κ3) is 4.21. The van der Waals surface area contributed by atoms with Gasteiger partial charge in [0.15, 0.2) is 17.7 Å². The first kappa shape index (κ1) is 15.4. The van der Waals surface area contributed by atoms with Crippen LogP contribution in [0.25, 0.3) is 0 Å². The first-order valence-corrected chi connectivity index (χ1v) is 6.40. The van der Waals surface area contributed by atoms with E-state index >= 15 is 0 Å². The summed E-state index contributed by atoms with van der Waals surface area (Å²) in [6.45, 7) is 5.87. The second-order valence-corrected chi connectivity index (χ2v) is 4.35. The van der Waals surface area contributed by atoms with Crippen molar-refractivity contribution in [3.63, 3.8) is 0 Å². The predicted octanol–water partition coefficient (Wildman–Crippen LogP) is 2.01. The van der Waals surface area contributed by atoms with Crippen LogP contribution < -0.4 is 15.4 Å². The van der Waals surface area contributed by atoms with Gasteiger partial charge in [0.25, 0.3) is 5.91 Å². The second-order valence-electron chi connectivity index (χ2n) is 4.35. The molecule has 1 aromatic rings. The fourth-order valence-electron chi connectivity index (χ4n) is 1.61. The molecule has 2 unspecified atom stereocenters.